The van der Waals surface area contributed by atoms with E-state index < -0.39 is 0 Å². The number of amides is 1. The largest absolute Gasteiger partial charge is 0.382 e. The zero-order valence-corrected chi connectivity index (χ0v) is 19.1. The van der Waals surface area contributed by atoms with Gasteiger partial charge in [0.2, 0.25) is 0 Å². The van der Waals surface area contributed by atoms with Crippen LogP contribution in [0.25, 0.3) is 11.3 Å². The van der Waals surface area contributed by atoms with Gasteiger partial charge in [-0.15, -0.1) is 0 Å². The first-order chi connectivity index (χ1) is 17.0. The number of anilines is 2. The topological polar surface area (TPSA) is 129 Å². The first-order valence-corrected chi connectivity index (χ1v) is 10.9. The van der Waals surface area contributed by atoms with Crippen LogP contribution in [0.15, 0.2) is 90.2 Å². The van der Waals surface area contributed by atoms with Crippen molar-refractivity contribution >= 4 is 23.1 Å². The van der Waals surface area contributed by atoms with E-state index in [-0.39, 0.29) is 11.7 Å². The Morgan fingerprint density at radius 1 is 1.06 bits per heavy atom. The third-order valence-corrected chi connectivity index (χ3v) is 5.23. The molecule has 0 aliphatic rings. The minimum absolute atomic E-state index is 0.177. The summed E-state index contributed by atoms with van der Waals surface area (Å²) in [5.41, 5.74) is 14.1. The highest BCUT2D eigenvalue weighted by atomic mass is 16.1. The second-order valence-corrected chi connectivity index (χ2v) is 7.74. The van der Waals surface area contributed by atoms with Gasteiger partial charge in [-0.3, -0.25) is 10.2 Å². The molecule has 8 heteroatoms. The summed E-state index contributed by atoms with van der Waals surface area (Å²) >= 11 is 0. The summed E-state index contributed by atoms with van der Waals surface area (Å²) in [7, 11) is 0. The Kier molecular flexibility index (Phi) is 7.09. The first kappa shape index (κ1) is 23.1. The number of nitrogen functional groups attached to an aromatic ring is 1. The summed E-state index contributed by atoms with van der Waals surface area (Å²) in [5.74, 6) is 0.0667. The van der Waals surface area contributed by atoms with Gasteiger partial charge in [0.15, 0.2) is 5.82 Å². The van der Waals surface area contributed by atoms with E-state index in [2.05, 4.69) is 31.9 Å². The van der Waals surface area contributed by atoms with Crippen molar-refractivity contribution < 1.29 is 4.79 Å². The molecule has 0 saturated heterocycles. The number of nitriles is 1. The number of carbonyl (C=O) groups excluding carboxylic acids is 1. The molecule has 1 amide bonds. The molecule has 8 nitrogen and oxygen atoms in total. The van der Waals surface area contributed by atoms with Crippen molar-refractivity contribution in [3.05, 3.63) is 107 Å². The highest BCUT2D eigenvalue weighted by Gasteiger charge is 2.12. The Balaban J connectivity index is 1.51. The normalized spacial score (nSPS) is 10.9. The van der Waals surface area contributed by atoms with Gasteiger partial charge < -0.3 is 11.1 Å². The minimum Gasteiger partial charge on any atom is -0.382 e. The molecule has 3 aromatic carbocycles. The molecule has 1 heterocycles. The zero-order valence-electron chi connectivity index (χ0n) is 19.1. The number of carbonyl (C=O) groups is 1. The van der Waals surface area contributed by atoms with Crippen LogP contribution in [0.4, 0.5) is 11.5 Å². The summed E-state index contributed by atoms with van der Waals surface area (Å²) in [6, 6.07) is 25.9. The quantitative estimate of drug-likeness (QED) is 0.277. The van der Waals surface area contributed by atoms with Crippen LogP contribution < -0.4 is 16.5 Å². The van der Waals surface area contributed by atoms with Gasteiger partial charge in [0.25, 0.3) is 5.91 Å². The van der Waals surface area contributed by atoms with Gasteiger partial charge in [0.1, 0.15) is 5.69 Å². The van der Waals surface area contributed by atoms with E-state index in [0.29, 0.717) is 34.8 Å². The predicted octanol–water partition coefficient (Wildman–Crippen LogP) is 4.36. The lowest BCUT2D eigenvalue weighted by Crippen LogP contribution is -2.22. The second-order valence-electron chi connectivity index (χ2n) is 7.74. The number of hydrogen-bond acceptors (Lipinski definition) is 7. The summed E-state index contributed by atoms with van der Waals surface area (Å²) in [6.07, 6.45) is 1.57. The molecule has 0 atom stereocenters. The lowest BCUT2D eigenvalue weighted by molar-refractivity contribution is 0.0951. The molecule has 0 bridgehead atoms. The number of nitrogens with two attached hydrogens (primary N) is 1. The van der Waals surface area contributed by atoms with Crippen LogP contribution in [-0.4, -0.2) is 21.6 Å². The Labute approximate surface area is 203 Å². The average Bonchev–Trinajstić information content (AvgIpc) is 2.91. The summed E-state index contributed by atoms with van der Waals surface area (Å²) in [5, 5.41) is 16.2. The van der Waals surface area contributed by atoms with Gasteiger partial charge in [0, 0.05) is 17.7 Å². The van der Waals surface area contributed by atoms with Gasteiger partial charge in [-0.05, 0) is 48.9 Å². The van der Waals surface area contributed by atoms with Gasteiger partial charge in [0.05, 0.1) is 34.9 Å². The van der Waals surface area contributed by atoms with E-state index >= 15 is 0 Å². The monoisotopic (exact) mass is 461 g/mol. The van der Waals surface area contributed by atoms with Crippen molar-refractivity contribution in [3.63, 3.8) is 0 Å². The third-order valence-electron chi connectivity index (χ3n) is 5.23. The molecule has 35 heavy (non-hydrogen) atoms. The fourth-order valence-electron chi connectivity index (χ4n) is 3.32. The molecule has 0 radical (unpaired) electrons. The molecule has 0 fully saturated rings. The van der Waals surface area contributed by atoms with Crippen LogP contribution in [-0.2, 0) is 6.54 Å². The lowest BCUT2D eigenvalue weighted by Gasteiger charge is -2.09. The van der Waals surface area contributed by atoms with Crippen molar-refractivity contribution in [1.82, 2.24) is 15.3 Å². The van der Waals surface area contributed by atoms with Crippen molar-refractivity contribution in [2.24, 2.45) is 5.10 Å². The van der Waals surface area contributed by atoms with Crippen molar-refractivity contribution in [3.8, 4) is 17.3 Å². The molecule has 172 valence electrons. The third kappa shape index (κ3) is 5.86. The number of hydrogen-bond donors (Lipinski definition) is 3. The highest BCUT2D eigenvalue weighted by Crippen LogP contribution is 2.21. The maximum atomic E-state index is 12.7. The van der Waals surface area contributed by atoms with E-state index in [1.807, 2.05) is 36.4 Å². The van der Waals surface area contributed by atoms with Crippen LogP contribution in [0.1, 0.15) is 34.1 Å². The molecule has 0 aliphatic carbocycles. The van der Waals surface area contributed by atoms with Gasteiger partial charge in [-0.2, -0.15) is 10.4 Å². The van der Waals surface area contributed by atoms with Crippen LogP contribution in [0.3, 0.4) is 0 Å². The van der Waals surface area contributed by atoms with Crippen LogP contribution >= 0.6 is 0 Å². The number of benzene rings is 3. The molecule has 0 unspecified atom stereocenters. The Bertz CT molecular complexity index is 1410. The molecule has 4 N–H and O–H groups in total. The van der Waals surface area contributed by atoms with Gasteiger partial charge >= 0.3 is 0 Å². The summed E-state index contributed by atoms with van der Waals surface area (Å²) < 4.78 is 0. The maximum Gasteiger partial charge on any atom is 0.251 e. The van der Waals surface area contributed by atoms with E-state index in [1.165, 1.54) is 0 Å². The molecule has 0 aliphatic heterocycles. The van der Waals surface area contributed by atoms with Crippen LogP contribution in [0, 0.1) is 11.3 Å². The van der Waals surface area contributed by atoms with Crippen LogP contribution in [0.2, 0.25) is 0 Å². The summed E-state index contributed by atoms with van der Waals surface area (Å²) in [4.78, 5) is 21.6. The first-order valence-electron chi connectivity index (χ1n) is 10.9. The fraction of sp³-hybridized carbons (Fsp3) is 0.0741. The SMILES string of the molecule is CC(=NNc1ccc(C#N)cc1)c1nc(-c2cccc(C(=O)NCc3ccccc3)c2)cnc1N. The Morgan fingerprint density at radius 3 is 2.57 bits per heavy atom. The smallest absolute Gasteiger partial charge is 0.251 e. The number of hydrazone groups is 1. The van der Waals surface area contributed by atoms with E-state index in [4.69, 9.17) is 11.0 Å². The molecule has 0 saturated carbocycles. The molecule has 4 rings (SSSR count). The number of rotatable bonds is 7. The van der Waals surface area contributed by atoms with Gasteiger partial charge in [-0.25, -0.2) is 9.97 Å². The maximum absolute atomic E-state index is 12.7. The lowest BCUT2D eigenvalue weighted by atomic mass is 10.1. The molecular formula is C27H23N7O. The summed E-state index contributed by atoms with van der Waals surface area (Å²) in [6.45, 7) is 2.21. The average molecular weight is 462 g/mol. The Morgan fingerprint density at radius 2 is 1.83 bits per heavy atom. The van der Waals surface area contributed by atoms with E-state index in [9.17, 15) is 4.79 Å². The molecule has 0 spiro atoms. The van der Waals surface area contributed by atoms with Gasteiger partial charge in [-0.1, -0.05) is 42.5 Å². The highest BCUT2D eigenvalue weighted by molar-refractivity contribution is 6.01. The van der Waals surface area contributed by atoms with Crippen molar-refractivity contribution in [2.75, 3.05) is 11.2 Å². The Hall–Kier alpha value is -5.03. The number of aromatic nitrogens is 2. The number of nitrogens with one attached hydrogen (secondary N) is 2. The predicted molar refractivity (Wildman–Crippen MR) is 136 cm³/mol. The molecule has 1 aromatic heterocycles. The van der Waals surface area contributed by atoms with E-state index in [1.54, 1.807) is 55.6 Å². The minimum atomic E-state index is -0.177. The van der Waals surface area contributed by atoms with Crippen molar-refractivity contribution in [2.45, 2.75) is 13.5 Å². The van der Waals surface area contributed by atoms with Crippen LogP contribution in [0.5, 0.6) is 0 Å². The fourth-order valence-corrected chi connectivity index (χ4v) is 3.32. The standard InChI is InChI=1S/C27H23N7O/c1-18(33-34-23-12-10-19(15-28)11-13-23)25-26(29)30-17-24(32-25)21-8-5-9-22(14-21)27(35)31-16-20-6-3-2-4-7-20/h2-14,17,34H,16H2,1H3,(H2,29,30)(H,31,35). The number of nitrogens with zero attached hydrogens (tertiary/aromatic N) is 4. The molecular weight excluding hydrogens is 438 g/mol. The zero-order chi connectivity index (χ0) is 24.6. The molecule has 4 aromatic rings. The second kappa shape index (κ2) is 10.7. The van der Waals surface area contributed by atoms with E-state index in [0.717, 1.165) is 16.8 Å². The van der Waals surface area contributed by atoms with Crippen molar-refractivity contribution in [1.29, 1.82) is 5.26 Å².